The lowest BCUT2D eigenvalue weighted by Gasteiger charge is -2.33. The van der Waals surface area contributed by atoms with Gasteiger partial charge in [0, 0.05) is 44.5 Å². The van der Waals surface area contributed by atoms with Gasteiger partial charge in [0.25, 0.3) is 0 Å². The van der Waals surface area contributed by atoms with E-state index in [1.807, 2.05) is 61.6 Å². The third-order valence-electron chi connectivity index (χ3n) is 7.19. The van der Waals surface area contributed by atoms with Crippen molar-refractivity contribution in [1.82, 2.24) is 24.0 Å². The number of aromatic nitrogens is 4. The van der Waals surface area contributed by atoms with Crippen molar-refractivity contribution in [2.24, 2.45) is 13.0 Å². The lowest BCUT2D eigenvalue weighted by Crippen LogP contribution is -2.42. The summed E-state index contributed by atoms with van der Waals surface area (Å²) in [5.74, 6) is 2.28. The van der Waals surface area contributed by atoms with Crippen LogP contribution in [-0.4, -0.2) is 55.9 Å². The molecule has 0 unspecified atom stereocenters. The van der Waals surface area contributed by atoms with Gasteiger partial charge in [-0.25, -0.2) is 14.8 Å². The van der Waals surface area contributed by atoms with Crippen LogP contribution in [0.5, 0.6) is 5.75 Å². The summed E-state index contributed by atoms with van der Waals surface area (Å²) in [4.78, 5) is 23.7. The quantitative estimate of drug-likeness (QED) is 0.329. The van der Waals surface area contributed by atoms with Gasteiger partial charge >= 0.3 is 6.09 Å². The van der Waals surface area contributed by atoms with Crippen LogP contribution in [0, 0.1) is 12.8 Å². The van der Waals surface area contributed by atoms with Gasteiger partial charge in [-0.3, -0.25) is 0 Å². The van der Waals surface area contributed by atoms with Crippen molar-refractivity contribution in [2.75, 3.05) is 25.5 Å². The van der Waals surface area contributed by atoms with Gasteiger partial charge in [0.1, 0.15) is 22.7 Å². The second-order valence-corrected chi connectivity index (χ2v) is 11.3. The van der Waals surface area contributed by atoms with Crippen LogP contribution in [0.15, 0.2) is 48.9 Å². The van der Waals surface area contributed by atoms with Crippen LogP contribution < -0.4 is 10.1 Å². The van der Waals surface area contributed by atoms with Crippen molar-refractivity contribution in [3.05, 3.63) is 60.4 Å². The molecule has 0 spiro atoms. The maximum atomic E-state index is 12.4. The smallest absolute Gasteiger partial charge is 0.410 e. The number of rotatable bonds is 6. The Morgan fingerprint density at radius 1 is 1.15 bits per heavy atom. The molecule has 2 aromatic heterocycles. The lowest BCUT2D eigenvalue weighted by molar-refractivity contribution is 0.0183. The number of nitrogens with one attached hydrogen (secondary N) is 1. The SMILES string of the molecule is COc1cc(Nc2cccc3c2nc(CC2CCN(C(=O)OC(C)(C)C)CC2)n3C)ccc1-n1cnc(C)c1. The number of methoxy groups -OCH3 is 1. The van der Waals surface area contributed by atoms with Crippen LogP contribution in [0.4, 0.5) is 16.2 Å². The third kappa shape index (κ3) is 5.87. The van der Waals surface area contributed by atoms with Crippen molar-refractivity contribution >= 4 is 28.5 Å². The Bertz CT molecular complexity index is 1470. The molecule has 4 aromatic rings. The molecule has 0 bridgehead atoms. The van der Waals surface area contributed by atoms with Gasteiger partial charge in [-0.1, -0.05) is 6.07 Å². The molecule has 1 fully saturated rings. The summed E-state index contributed by atoms with van der Waals surface area (Å²) in [6.07, 6.45) is 6.30. The maximum Gasteiger partial charge on any atom is 0.410 e. The highest BCUT2D eigenvalue weighted by molar-refractivity contribution is 5.91. The number of carbonyl (C=O) groups is 1. The van der Waals surface area contributed by atoms with E-state index in [9.17, 15) is 4.79 Å². The third-order valence-corrected chi connectivity index (χ3v) is 7.19. The first-order valence-electron chi connectivity index (χ1n) is 13.5. The summed E-state index contributed by atoms with van der Waals surface area (Å²) in [6, 6.07) is 12.3. The molecule has 1 N–H and O–H groups in total. The number of para-hydroxylation sites is 1. The second-order valence-electron chi connectivity index (χ2n) is 11.3. The second kappa shape index (κ2) is 10.6. The molecule has 2 aromatic carbocycles. The minimum atomic E-state index is -0.473. The zero-order chi connectivity index (χ0) is 27.7. The van der Waals surface area contributed by atoms with E-state index in [1.54, 1.807) is 13.4 Å². The Morgan fingerprint density at radius 3 is 2.59 bits per heavy atom. The molecule has 1 aliphatic heterocycles. The van der Waals surface area contributed by atoms with Crippen LogP contribution in [0.25, 0.3) is 16.7 Å². The highest BCUT2D eigenvalue weighted by atomic mass is 16.6. The number of amides is 1. The minimum Gasteiger partial charge on any atom is -0.494 e. The van der Waals surface area contributed by atoms with Crippen LogP contribution in [0.1, 0.15) is 45.1 Å². The van der Waals surface area contributed by atoms with Crippen molar-refractivity contribution in [3.63, 3.8) is 0 Å². The van der Waals surface area contributed by atoms with E-state index in [-0.39, 0.29) is 6.09 Å². The van der Waals surface area contributed by atoms with E-state index in [0.717, 1.165) is 64.6 Å². The van der Waals surface area contributed by atoms with Gasteiger partial charge in [-0.05, 0) is 70.7 Å². The van der Waals surface area contributed by atoms with Crippen molar-refractivity contribution in [1.29, 1.82) is 0 Å². The van der Waals surface area contributed by atoms with E-state index in [4.69, 9.17) is 14.5 Å². The molecular weight excluding hydrogens is 492 g/mol. The Kier molecular flexibility index (Phi) is 7.25. The van der Waals surface area contributed by atoms with Gasteiger partial charge in [-0.15, -0.1) is 0 Å². The minimum absolute atomic E-state index is 0.218. The summed E-state index contributed by atoms with van der Waals surface area (Å²) in [5.41, 5.74) is 5.29. The molecule has 5 rings (SSSR count). The van der Waals surface area contributed by atoms with Crippen LogP contribution in [-0.2, 0) is 18.2 Å². The number of ether oxygens (including phenoxy) is 2. The molecule has 39 heavy (non-hydrogen) atoms. The zero-order valence-electron chi connectivity index (χ0n) is 23.7. The number of benzene rings is 2. The standard InChI is InChI=1S/C30H38N6O3/c1-20-18-36(19-31-20)24-11-10-22(17-26(24)38-6)32-23-8-7-9-25-28(23)33-27(34(25)5)16-21-12-14-35(15-13-21)29(37)39-30(2,3)4/h7-11,17-19,21,32H,12-16H2,1-6H3. The number of carbonyl (C=O) groups excluding carboxylic acids is 1. The van der Waals surface area contributed by atoms with Gasteiger partial charge in [0.05, 0.1) is 36.0 Å². The fourth-order valence-corrected chi connectivity index (χ4v) is 5.13. The number of imidazole rings is 2. The zero-order valence-corrected chi connectivity index (χ0v) is 23.7. The summed E-state index contributed by atoms with van der Waals surface area (Å²) >= 11 is 0. The molecule has 9 heteroatoms. The maximum absolute atomic E-state index is 12.4. The first-order valence-corrected chi connectivity index (χ1v) is 13.5. The van der Waals surface area contributed by atoms with Crippen LogP contribution in [0.2, 0.25) is 0 Å². The molecular formula is C30H38N6O3. The van der Waals surface area contributed by atoms with E-state index < -0.39 is 5.60 Å². The van der Waals surface area contributed by atoms with Gasteiger partial charge < -0.3 is 28.8 Å². The molecule has 9 nitrogen and oxygen atoms in total. The van der Waals surface area contributed by atoms with E-state index in [2.05, 4.69) is 40.1 Å². The molecule has 3 heterocycles. The molecule has 1 amide bonds. The Balaban J connectivity index is 1.31. The fourth-order valence-electron chi connectivity index (χ4n) is 5.13. The molecule has 1 saturated heterocycles. The van der Waals surface area contributed by atoms with Crippen molar-refractivity contribution < 1.29 is 14.3 Å². The van der Waals surface area contributed by atoms with Gasteiger partial charge in [0.2, 0.25) is 0 Å². The topological polar surface area (TPSA) is 86.4 Å². The van der Waals surface area contributed by atoms with E-state index in [0.29, 0.717) is 19.0 Å². The Labute approximate surface area is 229 Å². The normalized spacial score (nSPS) is 14.6. The van der Waals surface area contributed by atoms with Crippen molar-refractivity contribution in [3.8, 4) is 11.4 Å². The number of likely N-dealkylation sites (tertiary alicyclic amines) is 1. The molecule has 0 atom stereocenters. The van der Waals surface area contributed by atoms with Gasteiger partial charge in [-0.2, -0.15) is 0 Å². The van der Waals surface area contributed by atoms with E-state index in [1.165, 1.54) is 0 Å². The Hall–Kier alpha value is -4.01. The number of piperidine rings is 1. The van der Waals surface area contributed by atoms with Crippen LogP contribution in [0.3, 0.4) is 0 Å². The molecule has 0 radical (unpaired) electrons. The molecule has 206 valence electrons. The number of aryl methyl sites for hydroxylation is 2. The fraction of sp³-hybridized carbons (Fsp3) is 0.433. The van der Waals surface area contributed by atoms with Gasteiger partial charge in [0.15, 0.2) is 0 Å². The number of anilines is 2. The summed E-state index contributed by atoms with van der Waals surface area (Å²) in [5, 5.41) is 3.55. The molecule has 1 aliphatic rings. The number of hydrogen-bond donors (Lipinski definition) is 1. The molecule has 0 saturated carbocycles. The largest absolute Gasteiger partial charge is 0.494 e. The summed E-state index contributed by atoms with van der Waals surface area (Å²) < 4.78 is 15.4. The highest BCUT2D eigenvalue weighted by Crippen LogP contribution is 2.32. The summed E-state index contributed by atoms with van der Waals surface area (Å²) in [7, 11) is 3.76. The lowest BCUT2D eigenvalue weighted by atomic mass is 9.93. The van der Waals surface area contributed by atoms with Crippen LogP contribution >= 0.6 is 0 Å². The van der Waals surface area contributed by atoms with E-state index >= 15 is 0 Å². The first kappa shape index (κ1) is 26.6. The first-order chi connectivity index (χ1) is 18.6. The molecule has 0 aliphatic carbocycles. The summed E-state index contributed by atoms with van der Waals surface area (Å²) in [6.45, 7) is 9.11. The van der Waals surface area contributed by atoms with Crippen molar-refractivity contribution in [2.45, 2.75) is 52.6 Å². The predicted octanol–water partition coefficient (Wildman–Crippen LogP) is 6.01. The number of nitrogens with zero attached hydrogens (tertiary/aromatic N) is 5. The average Bonchev–Trinajstić information content (AvgIpc) is 3.47. The predicted molar refractivity (Wildman–Crippen MR) is 153 cm³/mol. The highest BCUT2D eigenvalue weighted by Gasteiger charge is 2.28. The Morgan fingerprint density at radius 2 is 1.92 bits per heavy atom. The average molecular weight is 531 g/mol. The monoisotopic (exact) mass is 530 g/mol. The number of hydrogen-bond acceptors (Lipinski definition) is 6. The number of fused-ring (bicyclic) bond motifs is 1.